The summed E-state index contributed by atoms with van der Waals surface area (Å²) < 4.78 is 18.7. The van der Waals surface area contributed by atoms with Gasteiger partial charge in [-0.25, -0.2) is 4.39 Å². The van der Waals surface area contributed by atoms with Crippen LogP contribution < -0.4 is 4.74 Å². The standard InChI is InChI=1S/C13H8BrClFNO3/c14-7-8-5-9(15)1-4-12(8)20-13-6-10(16)2-3-11(13)17(18)19/h1-6H,7H2. The van der Waals surface area contributed by atoms with Crippen LogP contribution in [0, 0.1) is 15.9 Å². The maximum Gasteiger partial charge on any atom is 0.311 e. The smallest absolute Gasteiger partial charge is 0.311 e. The molecule has 0 bridgehead atoms. The lowest BCUT2D eigenvalue weighted by Crippen LogP contribution is -1.96. The van der Waals surface area contributed by atoms with E-state index in [9.17, 15) is 14.5 Å². The van der Waals surface area contributed by atoms with Gasteiger partial charge in [0.25, 0.3) is 0 Å². The van der Waals surface area contributed by atoms with Gasteiger partial charge in [-0.15, -0.1) is 0 Å². The molecule has 0 unspecified atom stereocenters. The number of hydrogen-bond donors (Lipinski definition) is 0. The van der Waals surface area contributed by atoms with Crippen molar-refractivity contribution in [2.45, 2.75) is 5.33 Å². The topological polar surface area (TPSA) is 52.4 Å². The molecule has 0 radical (unpaired) electrons. The summed E-state index contributed by atoms with van der Waals surface area (Å²) in [6, 6.07) is 7.88. The van der Waals surface area contributed by atoms with Crippen LogP contribution in [0.25, 0.3) is 0 Å². The first-order valence-corrected chi connectivity index (χ1v) is 6.97. The molecule has 2 aromatic carbocycles. The van der Waals surface area contributed by atoms with Crippen molar-refractivity contribution in [3.05, 3.63) is 62.9 Å². The minimum Gasteiger partial charge on any atom is -0.450 e. The minimum atomic E-state index is -0.626. The number of alkyl halides is 1. The summed E-state index contributed by atoms with van der Waals surface area (Å²) >= 11 is 9.13. The Morgan fingerprint density at radius 2 is 2.00 bits per heavy atom. The number of nitro benzene ring substituents is 1. The van der Waals surface area contributed by atoms with E-state index in [1.165, 1.54) is 0 Å². The number of nitrogens with zero attached hydrogens (tertiary/aromatic N) is 1. The highest BCUT2D eigenvalue weighted by atomic mass is 79.9. The molecule has 0 fully saturated rings. The van der Waals surface area contributed by atoms with E-state index in [2.05, 4.69) is 15.9 Å². The lowest BCUT2D eigenvalue weighted by atomic mass is 10.2. The Morgan fingerprint density at radius 1 is 1.25 bits per heavy atom. The molecule has 0 atom stereocenters. The van der Waals surface area contributed by atoms with Crippen LogP contribution in [-0.4, -0.2) is 4.92 Å². The summed E-state index contributed by atoms with van der Waals surface area (Å²) in [5.41, 5.74) is 0.401. The molecule has 7 heteroatoms. The fraction of sp³-hybridized carbons (Fsp3) is 0.0769. The Labute approximate surface area is 127 Å². The van der Waals surface area contributed by atoms with E-state index in [-0.39, 0.29) is 11.4 Å². The third-order valence-corrected chi connectivity index (χ3v) is 3.34. The lowest BCUT2D eigenvalue weighted by molar-refractivity contribution is -0.385. The van der Waals surface area contributed by atoms with Crippen molar-refractivity contribution < 1.29 is 14.1 Å². The number of benzene rings is 2. The van der Waals surface area contributed by atoms with Crippen LogP contribution in [0.15, 0.2) is 36.4 Å². The van der Waals surface area contributed by atoms with E-state index in [0.29, 0.717) is 21.7 Å². The quantitative estimate of drug-likeness (QED) is 0.434. The van der Waals surface area contributed by atoms with E-state index in [1.807, 2.05) is 0 Å². The van der Waals surface area contributed by atoms with E-state index >= 15 is 0 Å². The maximum absolute atomic E-state index is 13.2. The molecule has 0 aliphatic rings. The Kier molecular flexibility index (Phi) is 4.57. The zero-order valence-corrected chi connectivity index (χ0v) is 12.3. The first-order chi connectivity index (χ1) is 9.51. The van der Waals surface area contributed by atoms with Crippen LogP contribution >= 0.6 is 27.5 Å². The molecule has 20 heavy (non-hydrogen) atoms. The first kappa shape index (κ1) is 14.7. The molecule has 0 spiro atoms. The second-order valence-corrected chi connectivity index (χ2v) is 4.85. The monoisotopic (exact) mass is 359 g/mol. The van der Waals surface area contributed by atoms with Gasteiger partial charge in [-0.3, -0.25) is 10.1 Å². The zero-order chi connectivity index (χ0) is 14.7. The summed E-state index contributed by atoms with van der Waals surface area (Å²) in [6.45, 7) is 0. The molecule has 0 heterocycles. The number of nitro groups is 1. The molecule has 0 saturated heterocycles. The summed E-state index contributed by atoms with van der Waals surface area (Å²) in [4.78, 5) is 10.3. The van der Waals surface area contributed by atoms with Crippen LogP contribution in [0.2, 0.25) is 5.02 Å². The fourth-order valence-corrected chi connectivity index (χ4v) is 2.22. The molecule has 0 amide bonds. The SMILES string of the molecule is O=[N+]([O-])c1ccc(F)cc1Oc1ccc(Cl)cc1CBr. The van der Waals surface area contributed by atoms with Crippen LogP contribution in [0.4, 0.5) is 10.1 Å². The van der Waals surface area contributed by atoms with Gasteiger partial charge in [0.1, 0.15) is 11.6 Å². The van der Waals surface area contributed by atoms with E-state index in [1.54, 1.807) is 18.2 Å². The average Bonchev–Trinajstić information content (AvgIpc) is 2.40. The molecule has 4 nitrogen and oxygen atoms in total. The van der Waals surface area contributed by atoms with Crippen molar-refractivity contribution in [2.24, 2.45) is 0 Å². The van der Waals surface area contributed by atoms with Gasteiger partial charge in [-0.1, -0.05) is 27.5 Å². The van der Waals surface area contributed by atoms with Crippen molar-refractivity contribution in [2.75, 3.05) is 0 Å². The van der Waals surface area contributed by atoms with Gasteiger partial charge in [0.15, 0.2) is 0 Å². The Balaban J connectivity index is 2.44. The molecule has 104 valence electrons. The number of ether oxygens (including phenoxy) is 1. The van der Waals surface area contributed by atoms with Crippen molar-refractivity contribution in [1.29, 1.82) is 0 Å². The van der Waals surface area contributed by atoms with E-state index in [4.69, 9.17) is 16.3 Å². The normalized spacial score (nSPS) is 10.3. The van der Waals surface area contributed by atoms with Crippen molar-refractivity contribution in [3.63, 3.8) is 0 Å². The van der Waals surface area contributed by atoms with Crippen LogP contribution in [0.1, 0.15) is 5.56 Å². The van der Waals surface area contributed by atoms with Gasteiger partial charge < -0.3 is 4.74 Å². The summed E-state index contributed by atoms with van der Waals surface area (Å²) in [7, 11) is 0. The highest BCUT2D eigenvalue weighted by molar-refractivity contribution is 9.08. The third-order valence-electron chi connectivity index (χ3n) is 2.50. The van der Waals surface area contributed by atoms with Crippen molar-refractivity contribution >= 4 is 33.2 Å². The van der Waals surface area contributed by atoms with Gasteiger partial charge in [-0.05, 0) is 24.3 Å². The molecule has 2 aromatic rings. The molecule has 0 saturated carbocycles. The van der Waals surface area contributed by atoms with Crippen LogP contribution in [-0.2, 0) is 5.33 Å². The maximum atomic E-state index is 13.2. The Morgan fingerprint density at radius 3 is 2.65 bits per heavy atom. The van der Waals surface area contributed by atoms with Crippen molar-refractivity contribution in [1.82, 2.24) is 0 Å². The molecule has 0 aliphatic heterocycles. The van der Waals surface area contributed by atoms with Gasteiger partial charge in [-0.2, -0.15) is 0 Å². The molecule has 2 rings (SSSR count). The number of rotatable bonds is 4. The minimum absolute atomic E-state index is 0.153. The summed E-state index contributed by atoms with van der Waals surface area (Å²) in [6.07, 6.45) is 0. The average molecular weight is 361 g/mol. The second-order valence-electron chi connectivity index (χ2n) is 3.86. The predicted molar refractivity (Wildman–Crippen MR) is 77.2 cm³/mol. The molecule has 0 aliphatic carbocycles. The molecular formula is C13H8BrClFNO3. The first-order valence-electron chi connectivity index (χ1n) is 5.47. The number of hydrogen-bond acceptors (Lipinski definition) is 3. The third kappa shape index (κ3) is 3.26. The van der Waals surface area contributed by atoms with E-state index in [0.717, 1.165) is 18.2 Å². The van der Waals surface area contributed by atoms with E-state index < -0.39 is 10.7 Å². The van der Waals surface area contributed by atoms with Crippen molar-refractivity contribution in [3.8, 4) is 11.5 Å². The summed E-state index contributed by atoms with van der Waals surface area (Å²) in [5, 5.41) is 11.9. The number of halogens is 3. The largest absolute Gasteiger partial charge is 0.450 e. The zero-order valence-electron chi connectivity index (χ0n) is 9.98. The lowest BCUT2D eigenvalue weighted by Gasteiger charge is -2.10. The van der Waals surface area contributed by atoms with Gasteiger partial charge in [0.2, 0.25) is 5.75 Å². The fourth-order valence-electron chi connectivity index (χ4n) is 1.59. The molecule has 0 aromatic heterocycles. The predicted octanol–water partition coefficient (Wildman–Crippen LogP) is 5.07. The van der Waals surface area contributed by atoms with Gasteiger partial charge >= 0.3 is 5.69 Å². The van der Waals surface area contributed by atoms with Crippen LogP contribution in [0.5, 0.6) is 11.5 Å². The molecule has 0 N–H and O–H groups in total. The Bertz CT molecular complexity index is 666. The highest BCUT2D eigenvalue weighted by Gasteiger charge is 2.17. The van der Waals surface area contributed by atoms with Crippen LogP contribution in [0.3, 0.4) is 0 Å². The molecular weight excluding hydrogens is 353 g/mol. The Hall–Kier alpha value is -1.66. The second kappa shape index (κ2) is 6.19. The van der Waals surface area contributed by atoms with Gasteiger partial charge in [0, 0.05) is 28.0 Å². The van der Waals surface area contributed by atoms with Gasteiger partial charge in [0.05, 0.1) is 4.92 Å². The summed E-state index contributed by atoms with van der Waals surface area (Å²) in [5.74, 6) is -0.389. The highest BCUT2D eigenvalue weighted by Crippen LogP contribution is 2.35.